The fraction of sp³-hybridized carbons (Fsp3) is 0.824. The van der Waals surface area contributed by atoms with E-state index in [0.29, 0.717) is 21.2 Å². The molecule has 2 saturated carbocycles. The van der Waals surface area contributed by atoms with Crippen LogP contribution in [0.15, 0.2) is 0 Å². The zero-order chi connectivity index (χ0) is 71.7. The van der Waals surface area contributed by atoms with Crippen molar-refractivity contribution in [2.45, 2.75) is 377 Å². The van der Waals surface area contributed by atoms with E-state index in [1.54, 1.807) is 94.8 Å². The largest absolute Gasteiger partial charge is 4.00 e. The van der Waals surface area contributed by atoms with Crippen LogP contribution in [0.4, 0.5) is 0 Å². The molecule has 2 unspecified atom stereocenters. The molecule has 13 nitrogen and oxygen atoms in total. The van der Waals surface area contributed by atoms with Gasteiger partial charge < -0.3 is 103 Å². The van der Waals surface area contributed by atoms with Crippen molar-refractivity contribution in [3.63, 3.8) is 0 Å². The Hall–Kier alpha value is 1.77. The van der Waals surface area contributed by atoms with E-state index >= 15 is 0 Å². The first-order chi connectivity index (χ1) is 38.4. The Balaban J connectivity index is -0.0000000534. The Labute approximate surface area is 671 Å². The summed E-state index contributed by atoms with van der Waals surface area (Å²) in [5.74, 6) is 9.43. The molecule has 0 heterocycles. The molecule has 2 aliphatic rings. The minimum Gasteiger partial charge on any atom is -0.693 e. The van der Waals surface area contributed by atoms with Crippen LogP contribution < -0.4 is 0 Å². The molecule has 0 amide bonds. The van der Waals surface area contributed by atoms with Crippen molar-refractivity contribution in [1.29, 1.82) is 0 Å². The molecule has 0 spiro atoms. The van der Waals surface area contributed by atoms with Gasteiger partial charge in [-0.1, -0.05) is 120 Å². The molecular weight excluding hydrogens is 1860 g/mol. The number of hydrogen-bond acceptors (Lipinski definition) is 11. The fourth-order valence-corrected chi connectivity index (χ4v) is 7.43. The second kappa shape index (κ2) is 74.5. The normalized spacial score (nSPS) is 14.1. The molecule has 0 aromatic carbocycles. The van der Waals surface area contributed by atoms with Gasteiger partial charge in [-0.05, 0) is 87.8 Å². The number of esters is 4. The molecule has 0 saturated heterocycles. The number of carbonyl (C=O) groups is 4. The first-order valence-corrected chi connectivity index (χ1v) is 34.6. The predicted octanol–water partition coefficient (Wildman–Crippen LogP) is 26.6. The quantitative estimate of drug-likeness (QED) is 0.0689. The third-order valence-corrected chi connectivity index (χ3v) is 11.5. The van der Waals surface area contributed by atoms with Crippen LogP contribution in [0.25, 0.3) is 29.9 Å². The maximum Gasteiger partial charge on any atom is 4.00 e. The predicted molar refractivity (Wildman–Crippen MR) is 411 cm³/mol. The average Bonchev–Trinajstić information content (AvgIpc) is 3.20. The summed E-state index contributed by atoms with van der Waals surface area (Å²) < 4.78 is 21.3. The summed E-state index contributed by atoms with van der Waals surface area (Å²) in [4.78, 5) is 46.9. The molecule has 2 aliphatic carbocycles. The molecule has 2 rings (SSSR count). The van der Waals surface area contributed by atoms with Crippen LogP contribution in [-0.4, -0.2) is 84.1 Å². The van der Waals surface area contributed by atoms with E-state index in [2.05, 4.69) is 179 Å². The molecule has 8 N–H and O–H groups in total. The second-order valence-electron chi connectivity index (χ2n) is 32.1. The Kier molecular flexibility index (Phi) is 107. The van der Waals surface area contributed by atoms with Gasteiger partial charge in [0.05, 0.1) is 0 Å². The fourth-order valence-electron chi connectivity index (χ4n) is 4.95. The van der Waals surface area contributed by atoms with Gasteiger partial charge in [0.25, 0.3) is 0 Å². The minimum atomic E-state index is -0.896. The summed E-state index contributed by atoms with van der Waals surface area (Å²) >= 11 is 5.47. The van der Waals surface area contributed by atoms with Gasteiger partial charge in [0, 0.05) is 48.0 Å². The van der Waals surface area contributed by atoms with E-state index in [9.17, 15) is 19.2 Å². The van der Waals surface area contributed by atoms with Crippen molar-refractivity contribution in [3.8, 4) is 0 Å². The van der Waals surface area contributed by atoms with Crippen molar-refractivity contribution >= 4 is 59.2 Å². The molecule has 20 heteroatoms. The Morgan fingerprint density at radius 2 is 0.670 bits per heavy atom. The SMILES string of the molecule is CC(C)(C)OC(=O)C(CSC(C)(C)C)C(=O)OC(C)(C)C.CC(C)(C)OC(=O)[CH-]C(=O)OC(C)(C)C.CC(C)(C)S[CH-]CSC(C)(C)C.C[C-](C)C.C[C-](C)C.C[C-](C)C.C[C-](C)C.C[C-](C)C.C[C-](C)C.[CH2-]C1CCCCC1[NH-].[NH-]C1CCCCC1.[NH2-].[NH2-].[NH2-].[Pt+4].[Pt+4].[Pt+4].[Y]. The van der Waals surface area contributed by atoms with Gasteiger partial charge in [-0.25, -0.2) is 0 Å². The number of nitrogens with two attached hydrogens (primary N) is 3. The van der Waals surface area contributed by atoms with Gasteiger partial charge in [0.1, 0.15) is 22.4 Å². The Bertz CT molecular complexity index is 1460. The maximum absolute atomic E-state index is 12.3. The van der Waals surface area contributed by atoms with Gasteiger partial charge in [-0.2, -0.15) is 167 Å². The van der Waals surface area contributed by atoms with Gasteiger partial charge >= 0.3 is 75.1 Å². The van der Waals surface area contributed by atoms with E-state index in [0.717, 1.165) is 31.4 Å². The molecule has 0 aromatic heterocycles. The molecule has 577 valence electrons. The van der Waals surface area contributed by atoms with Gasteiger partial charge in [0.2, 0.25) is 0 Å². The number of ether oxygens (including phenoxy) is 4. The summed E-state index contributed by atoms with van der Waals surface area (Å²) in [5.41, 5.74) is 12.2. The summed E-state index contributed by atoms with van der Waals surface area (Å²) in [6, 6.07) is 0.428. The van der Waals surface area contributed by atoms with Crippen LogP contribution in [0, 0.1) is 66.4 Å². The number of nitrogens with one attached hydrogen (secondary N) is 2. The van der Waals surface area contributed by atoms with Crippen molar-refractivity contribution < 1.29 is 134 Å². The summed E-state index contributed by atoms with van der Waals surface area (Å²) in [6.45, 7) is 82.1. The summed E-state index contributed by atoms with van der Waals surface area (Å²) in [6.07, 6.45) is 11.9. The molecule has 2 atom stereocenters. The smallest absolute Gasteiger partial charge is 0.693 e. The molecule has 94 heavy (non-hydrogen) atoms. The average molecular weight is 2010 g/mol. The number of thioether (sulfide) groups is 3. The monoisotopic (exact) mass is 2010 g/mol. The minimum absolute atomic E-state index is 0. The first kappa shape index (κ1) is 135. The second-order valence-corrected chi connectivity index (χ2v) is 37.5. The van der Waals surface area contributed by atoms with Crippen molar-refractivity contribution in [1.82, 2.24) is 0 Å². The van der Waals surface area contributed by atoms with Crippen molar-refractivity contribution in [3.05, 3.63) is 84.5 Å². The van der Waals surface area contributed by atoms with Crippen LogP contribution >= 0.6 is 35.3 Å². The number of hydrogen-bond donors (Lipinski definition) is 0. The van der Waals surface area contributed by atoms with Crippen LogP contribution in [0.5, 0.6) is 0 Å². The van der Waals surface area contributed by atoms with Crippen molar-refractivity contribution in [2.24, 2.45) is 11.8 Å². The van der Waals surface area contributed by atoms with Gasteiger partial charge in [0.15, 0.2) is 17.9 Å². The van der Waals surface area contributed by atoms with Crippen LogP contribution in [0.2, 0.25) is 0 Å². The summed E-state index contributed by atoms with van der Waals surface area (Å²) in [5, 5.41) is 0. The number of rotatable bonds is 9. The van der Waals surface area contributed by atoms with Crippen molar-refractivity contribution in [2.75, 3.05) is 11.5 Å². The molecule has 0 aliphatic heterocycles. The van der Waals surface area contributed by atoms with Gasteiger partial charge in [-0.15, -0.1) is 11.8 Å². The maximum atomic E-state index is 12.3. The van der Waals surface area contributed by atoms with E-state index in [1.807, 2.05) is 44.3 Å². The Morgan fingerprint density at radius 3 is 0.851 bits per heavy atom. The van der Waals surface area contributed by atoms with E-state index in [-0.39, 0.29) is 131 Å². The molecule has 1 radical (unpaired) electrons. The van der Waals surface area contributed by atoms with Gasteiger partial charge in [-0.3, -0.25) is 24.9 Å². The first-order valence-electron chi connectivity index (χ1n) is 31.8. The van der Waals surface area contributed by atoms with E-state index in [4.69, 9.17) is 30.4 Å². The van der Waals surface area contributed by atoms with E-state index < -0.39 is 52.2 Å². The zero-order valence-corrected chi connectivity index (χ0v) is 80.3. The summed E-state index contributed by atoms with van der Waals surface area (Å²) in [7, 11) is 0. The molecular formula is C74H155N5O8Pt3S3Y-2. The van der Waals surface area contributed by atoms with Crippen LogP contribution in [0.1, 0.15) is 328 Å². The Morgan fingerprint density at radius 1 is 0.426 bits per heavy atom. The van der Waals surface area contributed by atoms with E-state index in [1.165, 1.54) is 74.0 Å². The number of carbonyl (C=O) groups excluding carboxylic acids is 4. The third kappa shape index (κ3) is 176. The van der Waals surface area contributed by atoms with Crippen LogP contribution in [-0.2, 0) is 134 Å². The third-order valence-electron chi connectivity index (χ3n) is 7.65. The molecule has 2 fully saturated rings. The topological polar surface area (TPSA) is 253 Å². The van der Waals surface area contributed by atoms with Crippen LogP contribution in [0.3, 0.4) is 0 Å². The zero-order valence-electron chi connectivity index (χ0n) is 68.2. The molecule has 0 aromatic rings. The molecule has 0 bridgehead atoms. The standard InChI is InChI=1S/C16H30O4S.C11H19O4.C10H21S2.C7H13N.C6H12N.6C4H9.3H2N.3Pt.Y/c1-14(2,3)19-12(17)11(10-21-16(7,8)9)13(18)20-15(4,5)6;1-10(2,3)14-8(12)7-9(13)15-11(4,5)6;1-9(2,3)11-7-8-12-10(4,5)6;1-6-4-2-3-5-7(6)8;7-6-4-2-1-3-5-6;6*1-4(2)3;;;;;;;/h11H,10H2,1-9H3;7H,1-6H3;7H,8H2,1-6H3;6-8H,1-5H2;6-7H,1-5H2;6*1-3H3;3*1H2;;;;/q;2*-1;-2;10*-1;3*+4;.